The standard InChI is InChI=1S/C24H22N.C11H8N.Ir/c1-2-4-17(5-3-1)24-23-14-22-20-11-15-8-16(12-20)10-19(9-15)21(22)13-18(23)6-7-25-24;1-2-6-10(7-3-1)11-8-4-5-9-12-11;/h1-4,6-7,13-16,19-20H,8-12H2;1-6,8-9H;/q2*-1;. The van der Waals surface area contributed by atoms with Gasteiger partial charge in [-0.1, -0.05) is 24.3 Å². The zero-order valence-corrected chi connectivity index (χ0v) is 23.7. The predicted octanol–water partition coefficient (Wildman–Crippen LogP) is 8.64. The Morgan fingerprint density at radius 2 is 1.26 bits per heavy atom. The summed E-state index contributed by atoms with van der Waals surface area (Å²) in [6.07, 6.45) is 10.9. The van der Waals surface area contributed by atoms with Crippen LogP contribution in [-0.2, 0) is 20.1 Å². The van der Waals surface area contributed by atoms with Crippen molar-refractivity contribution in [2.75, 3.05) is 0 Å². The van der Waals surface area contributed by atoms with Crippen LogP contribution in [0.25, 0.3) is 33.3 Å². The summed E-state index contributed by atoms with van der Waals surface area (Å²) < 4.78 is 0. The van der Waals surface area contributed by atoms with Crippen LogP contribution in [0.3, 0.4) is 0 Å². The summed E-state index contributed by atoms with van der Waals surface area (Å²) in [5.74, 6) is 3.52. The number of fused-ring (bicyclic) bond motifs is 1. The van der Waals surface area contributed by atoms with E-state index in [2.05, 4.69) is 47.4 Å². The minimum absolute atomic E-state index is 0. The molecule has 0 spiro atoms. The van der Waals surface area contributed by atoms with Crippen molar-refractivity contribution in [3.63, 3.8) is 0 Å². The van der Waals surface area contributed by atoms with Crippen molar-refractivity contribution in [1.82, 2.24) is 9.97 Å². The van der Waals surface area contributed by atoms with Gasteiger partial charge >= 0.3 is 0 Å². The first-order valence-electron chi connectivity index (χ1n) is 13.6. The molecule has 1 radical (unpaired) electrons. The Bertz CT molecular complexity index is 1470. The first kappa shape index (κ1) is 25.2. The van der Waals surface area contributed by atoms with Crippen LogP contribution in [0.4, 0.5) is 0 Å². The van der Waals surface area contributed by atoms with Gasteiger partial charge in [-0.05, 0) is 101 Å². The van der Waals surface area contributed by atoms with Gasteiger partial charge in [0.2, 0.25) is 0 Å². The summed E-state index contributed by atoms with van der Waals surface area (Å²) in [7, 11) is 0. The number of hydrogen-bond donors (Lipinski definition) is 0. The third kappa shape index (κ3) is 4.86. The fourth-order valence-corrected chi connectivity index (χ4v) is 7.15. The fraction of sp³-hybridized carbons (Fsp3) is 0.257. The minimum Gasteiger partial charge on any atom is -0.305 e. The molecule has 9 rings (SSSR count). The molecule has 2 aromatic heterocycles. The number of rotatable bonds is 2. The van der Waals surface area contributed by atoms with E-state index in [1.54, 1.807) is 17.3 Å². The molecule has 0 N–H and O–H groups in total. The van der Waals surface area contributed by atoms with Crippen LogP contribution in [0.1, 0.15) is 55.1 Å². The van der Waals surface area contributed by atoms with E-state index >= 15 is 0 Å². The maximum atomic E-state index is 4.73. The molecule has 38 heavy (non-hydrogen) atoms. The zero-order valence-electron chi connectivity index (χ0n) is 21.3. The van der Waals surface area contributed by atoms with E-state index in [4.69, 9.17) is 4.98 Å². The number of benzene rings is 3. The largest absolute Gasteiger partial charge is 0.305 e. The monoisotopic (exact) mass is 671 g/mol. The van der Waals surface area contributed by atoms with Crippen molar-refractivity contribution < 1.29 is 20.1 Å². The van der Waals surface area contributed by atoms with Crippen LogP contribution < -0.4 is 0 Å². The maximum Gasteiger partial charge on any atom is 0.0167 e. The average molecular weight is 671 g/mol. The SMILES string of the molecule is [Ir].[c-]1ccccc1-c1ccccn1.[c-]1ccccc1-c1nccc2cc3c(cc12)C1CC2CC(CC3C2)C1. The second kappa shape index (κ2) is 10.9. The van der Waals surface area contributed by atoms with Gasteiger partial charge in [-0.25, -0.2) is 0 Å². The fourth-order valence-electron chi connectivity index (χ4n) is 7.15. The first-order chi connectivity index (χ1) is 18.3. The Morgan fingerprint density at radius 3 is 1.89 bits per heavy atom. The van der Waals surface area contributed by atoms with Gasteiger partial charge in [-0.3, -0.25) is 0 Å². The molecule has 0 aliphatic heterocycles. The molecule has 4 aliphatic carbocycles. The Kier molecular flexibility index (Phi) is 7.24. The molecular formula is C35H30IrN2-2. The van der Waals surface area contributed by atoms with Crippen LogP contribution in [0.2, 0.25) is 0 Å². The van der Waals surface area contributed by atoms with Gasteiger partial charge in [0.15, 0.2) is 0 Å². The van der Waals surface area contributed by atoms with Gasteiger partial charge in [0.25, 0.3) is 0 Å². The molecule has 2 atom stereocenters. The Hall–Kier alpha value is -3.13. The Labute approximate surface area is 238 Å². The summed E-state index contributed by atoms with van der Waals surface area (Å²) in [4.78, 5) is 8.95. The summed E-state index contributed by atoms with van der Waals surface area (Å²) in [6, 6.07) is 35.6. The summed E-state index contributed by atoms with van der Waals surface area (Å²) in [5, 5.41) is 2.66. The molecule has 2 nitrogen and oxygen atoms in total. The van der Waals surface area contributed by atoms with E-state index in [9.17, 15) is 0 Å². The topological polar surface area (TPSA) is 25.8 Å². The van der Waals surface area contributed by atoms with Gasteiger partial charge in [-0.2, -0.15) is 0 Å². The number of nitrogens with zero attached hydrogens (tertiary/aromatic N) is 2. The van der Waals surface area contributed by atoms with Gasteiger partial charge in [-0.15, -0.1) is 71.8 Å². The van der Waals surface area contributed by atoms with Crippen LogP contribution in [-0.4, -0.2) is 9.97 Å². The molecular weight excluding hydrogens is 641 g/mol. The van der Waals surface area contributed by atoms with E-state index in [1.165, 1.54) is 42.9 Å². The van der Waals surface area contributed by atoms with E-state index < -0.39 is 0 Å². The first-order valence-corrected chi connectivity index (χ1v) is 13.6. The van der Waals surface area contributed by atoms with Crippen LogP contribution in [0, 0.1) is 24.0 Å². The maximum absolute atomic E-state index is 4.73. The van der Waals surface area contributed by atoms with Gasteiger partial charge in [0.1, 0.15) is 0 Å². The molecule has 191 valence electrons. The molecule has 2 heterocycles. The third-order valence-corrected chi connectivity index (χ3v) is 8.60. The van der Waals surface area contributed by atoms with Gasteiger partial charge in [0.05, 0.1) is 0 Å². The molecule has 4 bridgehead atoms. The van der Waals surface area contributed by atoms with E-state index in [1.807, 2.05) is 60.8 Å². The number of aromatic nitrogens is 2. The molecule has 3 heteroatoms. The second-order valence-electron chi connectivity index (χ2n) is 10.9. The summed E-state index contributed by atoms with van der Waals surface area (Å²) in [6.45, 7) is 0. The van der Waals surface area contributed by atoms with Gasteiger partial charge in [0, 0.05) is 32.5 Å². The van der Waals surface area contributed by atoms with Crippen molar-refractivity contribution in [2.24, 2.45) is 11.8 Å². The van der Waals surface area contributed by atoms with E-state index in [0.29, 0.717) is 0 Å². The molecule has 2 fully saturated rings. The Morgan fingerprint density at radius 1 is 0.605 bits per heavy atom. The number of hydrogen-bond acceptors (Lipinski definition) is 2. The average Bonchev–Trinajstić information content (AvgIpc) is 3.13. The third-order valence-electron chi connectivity index (χ3n) is 8.60. The van der Waals surface area contributed by atoms with Crippen molar-refractivity contribution in [1.29, 1.82) is 0 Å². The van der Waals surface area contributed by atoms with Crippen LogP contribution in [0.15, 0.2) is 97.3 Å². The quantitative estimate of drug-likeness (QED) is 0.176. The molecule has 2 unspecified atom stereocenters. The van der Waals surface area contributed by atoms with Gasteiger partial charge < -0.3 is 9.97 Å². The second-order valence-corrected chi connectivity index (χ2v) is 10.9. The van der Waals surface area contributed by atoms with Crippen LogP contribution in [0.5, 0.6) is 0 Å². The minimum atomic E-state index is 0. The molecule has 4 aliphatic rings. The van der Waals surface area contributed by atoms with Crippen LogP contribution >= 0.6 is 0 Å². The number of pyridine rings is 2. The summed E-state index contributed by atoms with van der Waals surface area (Å²) >= 11 is 0. The Balaban J connectivity index is 0.000000172. The summed E-state index contributed by atoms with van der Waals surface area (Å²) in [5.41, 5.74) is 7.51. The van der Waals surface area contributed by atoms with E-state index in [-0.39, 0.29) is 20.1 Å². The molecule has 5 aromatic rings. The predicted molar refractivity (Wildman–Crippen MR) is 150 cm³/mol. The van der Waals surface area contributed by atoms with Crippen molar-refractivity contribution in [3.05, 3.63) is 121 Å². The van der Waals surface area contributed by atoms with Crippen molar-refractivity contribution in [2.45, 2.75) is 43.9 Å². The molecule has 3 aromatic carbocycles. The van der Waals surface area contributed by atoms with Crippen molar-refractivity contribution in [3.8, 4) is 22.5 Å². The smallest absolute Gasteiger partial charge is 0.0167 e. The molecule has 0 saturated heterocycles. The normalized spacial score (nSPS) is 22.5. The van der Waals surface area contributed by atoms with E-state index in [0.717, 1.165) is 46.2 Å². The van der Waals surface area contributed by atoms with Crippen molar-refractivity contribution >= 4 is 10.8 Å². The molecule has 2 saturated carbocycles. The zero-order chi connectivity index (χ0) is 24.6. The molecule has 0 amide bonds.